The van der Waals surface area contributed by atoms with Gasteiger partial charge in [0.15, 0.2) is 0 Å². The van der Waals surface area contributed by atoms with Crippen molar-refractivity contribution in [2.75, 3.05) is 26.4 Å². The molecule has 1 saturated heterocycles. The zero-order valence-corrected chi connectivity index (χ0v) is 10.2. The molecule has 0 spiro atoms. The van der Waals surface area contributed by atoms with E-state index >= 15 is 0 Å². The van der Waals surface area contributed by atoms with Crippen LogP contribution in [0.25, 0.3) is 0 Å². The van der Waals surface area contributed by atoms with Gasteiger partial charge in [-0.15, -0.1) is 0 Å². The summed E-state index contributed by atoms with van der Waals surface area (Å²) in [5.41, 5.74) is 1.27. The Morgan fingerprint density at radius 3 is 3.12 bits per heavy atom. The van der Waals surface area contributed by atoms with Crippen molar-refractivity contribution in [2.24, 2.45) is 0 Å². The molecule has 17 heavy (non-hydrogen) atoms. The Labute approximate surface area is 102 Å². The highest BCUT2D eigenvalue weighted by Crippen LogP contribution is 2.21. The fourth-order valence-corrected chi connectivity index (χ4v) is 2.50. The highest BCUT2D eigenvalue weighted by Gasteiger charge is 2.26. The van der Waals surface area contributed by atoms with Gasteiger partial charge in [0.25, 0.3) is 0 Å². The van der Waals surface area contributed by atoms with Crippen LogP contribution in [0.2, 0.25) is 0 Å². The lowest BCUT2D eigenvalue weighted by molar-refractivity contribution is -0.140. The molecule has 1 amide bonds. The number of allylic oxidation sites excluding steroid dienone is 1. The van der Waals surface area contributed by atoms with E-state index in [1.54, 1.807) is 4.90 Å². The first-order valence-corrected chi connectivity index (χ1v) is 6.47. The number of hydrogen-bond donors (Lipinski definition) is 1. The van der Waals surface area contributed by atoms with Crippen molar-refractivity contribution >= 4 is 5.91 Å². The fourth-order valence-electron chi connectivity index (χ4n) is 2.50. The first-order chi connectivity index (χ1) is 8.31. The number of morpholine rings is 1. The Balaban J connectivity index is 1.91. The van der Waals surface area contributed by atoms with Crippen LogP contribution in [0.5, 0.6) is 0 Å². The molecule has 4 nitrogen and oxygen atoms in total. The van der Waals surface area contributed by atoms with Crippen LogP contribution in [0.1, 0.15) is 32.1 Å². The quantitative estimate of drug-likeness (QED) is 0.750. The number of amides is 1. The number of hydrogen-bond acceptors (Lipinski definition) is 3. The maximum Gasteiger partial charge on any atom is 0.227 e. The average Bonchev–Trinajstić information content (AvgIpc) is 2.40. The average molecular weight is 239 g/mol. The molecule has 0 aromatic heterocycles. The normalized spacial score (nSPS) is 25.6. The number of rotatable bonds is 3. The van der Waals surface area contributed by atoms with Gasteiger partial charge in [0, 0.05) is 13.0 Å². The van der Waals surface area contributed by atoms with Crippen molar-refractivity contribution < 1.29 is 14.6 Å². The van der Waals surface area contributed by atoms with E-state index in [0.29, 0.717) is 26.2 Å². The summed E-state index contributed by atoms with van der Waals surface area (Å²) in [6, 6.07) is -0.152. The second kappa shape index (κ2) is 6.17. The van der Waals surface area contributed by atoms with Gasteiger partial charge < -0.3 is 14.7 Å². The van der Waals surface area contributed by atoms with Gasteiger partial charge in [-0.2, -0.15) is 0 Å². The van der Waals surface area contributed by atoms with Crippen molar-refractivity contribution in [2.45, 2.75) is 38.1 Å². The standard InChI is InChI=1S/C13H21NO3/c15-9-12-10-17-7-6-14(12)13(16)8-11-4-2-1-3-5-11/h4,12,15H,1-3,5-10H2. The number of aliphatic hydroxyl groups is 1. The summed E-state index contributed by atoms with van der Waals surface area (Å²) in [6.45, 7) is 1.64. The second-order valence-corrected chi connectivity index (χ2v) is 4.78. The SMILES string of the molecule is O=C(CC1=CCCCC1)N1CCOCC1CO. The molecule has 0 saturated carbocycles. The molecular formula is C13H21NO3. The largest absolute Gasteiger partial charge is 0.394 e. The minimum Gasteiger partial charge on any atom is -0.394 e. The van der Waals surface area contributed by atoms with Crippen LogP contribution in [-0.4, -0.2) is 48.3 Å². The van der Waals surface area contributed by atoms with Gasteiger partial charge in [-0.1, -0.05) is 11.6 Å². The number of carbonyl (C=O) groups excluding carboxylic acids is 1. The maximum absolute atomic E-state index is 12.2. The lowest BCUT2D eigenvalue weighted by Gasteiger charge is -2.35. The molecule has 0 radical (unpaired) electrons. The van der Waals surface area contributed by atoms with E-state index in [1.165, 1.54) is 18.4 Å². The van der Waals surface area contributed by atoms with E-state index in [-0.39, 0.29) is 18.6 Å². The second-order valence-electron chi connectivity index (χ2n) is 4.78. The summed E-state index contributed by atoms with van der Waals surface area (Å²) >= 11 is 0. The zero-order chi connectivity index (χ0) is 12.1. The third-order valence-electron chi connectivity index (χ3n) is 3.52. The highest BCUT2D eigenvalue weighted by molar-refractivity contribution is 5.79. The summed E-state index contributed by atoms with van der Waals surface area (Å²) in [7, 11) is 0. The number of aliphatic hydroxyl groups excluding tert-OH is 1. The molecule has 2 aliphatic rings. The van der Waals surface area contributed by atoms with Crippen LogP contribution in [0.3, 0.4) is 0 Å². The minimum absolute atomic E-state index is 0.00914. The monoisotopic (exact) mass is 239 g/mol. The molecule has 1 atom stereocenters. The van der Waals surface area contributed by atoms with Gasteiger partial charge in [0.1, 0.15) is 0 Å². The molecule has 0 aromatic rings. The summed E-state index contributed by atoms with van der Waals surface area (Å²) in [4.78, 5) is 13.9. The van der Waals surface area contributed by atoms with Crippen LogP contribution in [0.15, 0.2) is 11.6 Å². The fraction of sp³-hybridized carbons (Fsp3) is 0.769. The Morgan fingerprint density at radius 2 is 2.41 bits per heavy atom. The summed E-state index contributed by atoms with van der Waals surface area (Å²) in [5, 5.41) is 9.23. The van der Waals surface area contributed by atoms with Gasteiger partial charge in [-0.3, -0.25) is 4.79 Å². The molecule has 1 aliphatic carbocycles. The topological polar surface area (TPSA) is 49.8 Å². The number of ether oxygens (including phenoxy) is 1. The Bertz CT molecular complexity index is 301. The number of carbonyl (C=O) groups is 1. The Kier molecular flexibility index (Phi) is 4.57. The van der Waals surface area contributed by atoms with E-state index in [4.69, 9.17) is 4.74 Å². The summed E-state index contributed by atoms with van der Waals surface area (Å²) in [6.07, 6.45) is 7.33. The van der Waals surface area contributed by atoms with Crippen molar-refractivity contribution in [1.29, 1.82) is 0 Å². The minimum atomic E-state index is -0.152. The molecule has 1 unspecified atom stereocenters. The molecule has 4 heteroatoms. The van der Waals surface area contributed by atoms with Crippen molar-refractivity contribution in [3.8, 4) is 0 Å². The molecule has 1 aliphatic heterocycles. The van der Waals surface area contributed by atoms with Crippen LogP contribution in [0, 0.1) is 0 Å². The maximum atomic E-state index is 12.2. The molecule has 0 aromatic carbocycles. The molecule has 1 heterocycles. The van der Waals surface area contributed by atoms with Gasteiger partial charge in [0.05, 0.1) is 25.9 Å². The van der Waals surface area contributed by atoms with Gasteiger partial charge in [0.2, 0.25) is 5.91 Å². The third kappa shape index (κ3) is 3.30. The van der Waals surface area contributed by atoms with E-state index in [0.717, 1.165) is 12.8 Å². The lowest BCUT2D eigenvalue weighted by Crippen LogP contribution is -2.50. The summed E-state index contributed by atoms with van der Waals surface area (Å²) in [5.74, 6) is 0.139. The summed E-state index contributed by atoms with van der Waals surface area (Å²) < 4.78 is 5.27. The first-order valence-electron chi connectivity index (χ1n) is 6.47. The Morgan fingerprint density at radius 1 is 1.53 bits per heavy atom. The molecule has 96 valence electrons. The van der Waals surface area contributed by atoms with Crippen molar-refractivity contribution in [3.63, 3.8) is 0 Å². The molecule has 1 fully saturated rings. The van der Waals surface area contributed by atoms with Crippen LogP contribution in [-0.2, 0) is 9.53 Å². The van der Waals surface area contributed by atoms with E-state index in [1.807, 2.05) is 0 Å². The van der Waals surface area contributed by atoms with E-state index in [2.05, 4.69) is 6.08 Å². The zero-order valence-electron chi connectivity index (χ0n) is 10.2. The lowest BCUT2D eigenvalue weighted by atomic mass is 9.96. The van der Waals surface area contributed by atoms with E-state index < -0.39 is 0 Å². The van der Waals surface area contributed by atoms with Gasteiger partial charge in [-0.05, 0) is 25.7 Å². The molecule has 2 rings (SSSR count). The van der Waals surface area contributed by atoms with Crippen LogP contribution < -0.4 is 0 Å². The highest BCUT2D eigenvalue weighted by atomic mass is 16.5. The molecule has 1 N–H and O–H groups in total. The van der Waals surface area contributed by atoms with Gasteiger partial charge in [-0.25, -0.2) is 0 Å². The van der Waals surface area contributed by atoms with Gasteiger partial charge >= 0.3 is 0 Å². The first kappa shape index (κ1) is 12.6. The van der Waals surface area contributed by atoms with Crippen LogP contribution in [0.4, 0.5) is 0 Å². The predicted molar refractivity (Wildman–Crippen MR) is 64.6 cm³/mol. The third-order valence-corrected chi connectivity index (χ3v) is 3.52. The molecular weight excluding hydrogens is 218 g/mol. The van der Waals surface area contributed by atoms with E-state index in [9.17, 15) is 9.90 Å². The molecule has 0 bridgehead atoms. The van der Waals surface area contributed by atoms with Crippen molar-refractivity contribution in [1.82, 2.24) is 4.90 Å². The van der Waals surface area contributed by atoms with Crippen molar-refractivity contribution in [3.05, 3.63) is 11.6 Å². The smallest absolute Gasteiger partial charge is 0.227 e. The Hall–Kier alpha value is -0.870. The number of nitrogens with zero attached hydrogens (tertiary/aromatic N) is 1. The predicted octanol–water partition coefficient (Wildman–Crippen LogP) is 1.10. The van der Waals surface area contributed by atoms with Crippen LogP contribution >= 0.6 is 0 Å².